The Morgan fingerprint density at radius 3 is 2.90 bits per heavy atom. The average molecular weight is 293 g/mol. The summed E-state index contributed by atoms with van der Waals surface area (Å²) in [5.41, 5.74) is 6.63. The summed E-state index contributed by atoms with van der Waals surface area (Å²) in [6.07, 6.45) is 0. The number of nitrogens with zero attached hydrogens (tertiary/aromatic N) is 2. The zero-order chi connectivity index (χ0) is 14.5. The summed E-state index contributed by atoms with van der Waals surface area (Å²) < 4.78 is 4.94. The predicted octanol–water partition coefficient (Wildman–Crippen LogP) is 2.63. The van der Waals surface area contributed by atoms with Crippen molar-refractivity contribution in [2.75, 3.05) is 17.7 Å². The zero-order valence-corrected chi connectivity index (χ0v) is 11.5. The van der Waals surface area contributed by atoms with Crippen molar-refractivity contribution in [3.8, 4) is 0 Å². The fourth-order valence-electron chi connectivity index (χ4n) is 1.59. The molecule has 0 bridgehead atoms. The van der Waals surface area contributed by atoms with Crippen molar-refractivity contribution in [2.45, 2.75) is 6.92 Å². The van der Waals surface area contributed by atoms with Crippen LogP contribution in [-0.4, -0.2) is 22.5 Å². The second kappa shape index (κ2) is 6.21. The van der Waals surface area contributed by atoms with Crippen LogP contribution in [-0.2, 0) is 4.74 Å². The van der Waals surface area contributed by atoms with Crippen LogP contribution in [0.1, 0.15) is 17.3 Å². The molecule has 1 aromatic heterocycles. The number of nitrogens with two attached hydrogens (primary N) is 1. The molecule has 7 heteroatoms. The van der Waals surface area contributed by atoms with Gasteiger partial charge in [0.1, 0.15) is 11.0 Å². The Kier molecular flexibility index (Phi) is 4.37. The zero-order valence-electron chi connectivity index (χ0n) is 10.8. The topological polar surface area (TPSA) is 90.1 Å². The summed E-state index contributed by atoms with van der Waals surface area (Å²) in [5.74, 6) is 0.140. The van der Waals surface area contributed by atoms with E-state index in [0.29, 0.717) is 23.7 Å². The third-order valence-electron chi connectivity index (χ3n) is 2.36. The van der Waals surface area contributed by atoms with E-state index in [2.05, 4.69) is 15.3 Å². The van der Waals surface area contributed by atoms with Crippen LogP contribution in [0.15, 0.2) is 30.3 Å². The number of carbonyl (C=O) groups is 1. The van der Waals surface area contributed by atoms with E-state index in [1.807, 2.05) is 0 Å². The maximum atomic E-state index is 11.6. The lowest BCUT2D eigenvalue weighted by atomic mass is 10.2. The standard InChI is InChI=1S/C13H13ClN4O2/c1-2-20-12(19)8-4-3-5-9(6-8)16-11-7-10(14)17-13(15)18-11/h3-7H,2H2,1H3,(H3,15,16,17,18). The van der Waals surface area contributed by atoms with Crippen molar-refractivity contribution in [3.05, 3.63) is 41.0 Å². The summed E-state index contributed by atoms with van der Waals surface area (Å²) in [5, 5.41) is 3.24. The molecule has 0 unspecified atom stereocenters. The molecule has 1 aromatic carbocycles. The molecule has 0 spiro atoms. The van der Waals surface area contributed by atoms with Crippen LogP contribution in [0, 0.1) is 0 Å². The Morgan fingerprint density at radius 1 is 1.40 bits per heavy atom. The lowest BCUT2D eigenvalue weighted by Crippen LogP contribution is -2.05. The molecular weight excluding hydrogens is 280 g/mol. The Morgan fingerprint density at radius 2 is 2.20 bits per heavy atom. The van der Waals surface area contributed by atoms with E-state index < -0.39 is 0 Å². The fraction of sp³-hybridized carbons (Fsp3) is 0.154. The molecular formula is C13H13ClN4O2. The van der Waals surface area contributed by atoms with Gasteiger partial charge >= 0.3 is 5.97 Å². The molecule has 0 atom stereocenters. The second-order valence-corrected chi connectivity index (χ2v) is 4.25. The number of rotatable bonds is 4. The molecule has 0 aliphatic heterocycles. The molecule has 0 saturated carbocycles. The number of esters is 1. The molecule has 0 radical (unpaired) electrons. The van der Waals surface area contributed by atoms with Gasteiger partial charge in [-0.3, -0.25) is 0 Å². The van der Waals surface area contributed by atoms with Crippen molar-refractivity contribution in [3.63, 3.8) is 0 Å². The molecule has 0 aliphatic carbocycles. The number of hydrogen-bond donors (Lipinski definition) is 2. The lowest BCUT2D eigenvalue weighted by molar-refractivity contribution is 0.0526. The summed E-state index contributed by atoms with van der Waals surface area (Å²) in [7, 11) is 0. The molecule has 0 aliphatic rings. The van der Waals surface area contributed by atoms with Crippen LogP contribution in [0.25, 0.3) is 0 Å². The molecule has 3 N–H and O–H groups in total. The summed E-state index contributed by atoms with van der Waals surface area (Å²) in [6, 6.07) is 8.39. The number of aromatic nitrogens is 2. The number of benzene rings is 1. The van der Waals surface area contributed by atoms with E-state index in [-0.39, 0.29) is 17.1 Å². The molecule has 20 heavy (non-hydrogen) atoms. The Hall–Kier alpha value is -2.34. The number of carbonyl (C=O) groups excluding carboxylic acids is 1. The normalized spacial score (nSPS) is 10.1. The number of nitrogens with one attached hydrogen (secondary N) is 1. The Balaban J connectivity index is 2.21. The van der Waals surface area contributed by atoms with Crippen LogP contribution in [0.5, 0.6) is 0 Å². The highest BCUT2D eigenvalue weighted by Crippen LogP contribution is 2.19. The van der Waals surface area contributed by atoms with E-state index in [1.165, 1.54) is 6.07 Å². The molecule has 0 fully saturated rings. The largest absolute Gasteiger partial charge is 0.462 e. The lowest BCUT2D eigenvalue weighted by Gasteiger charge is -2.08. The monoisotopic (exact) mass is 292 g/mol. The van der Waals surface area contributed by atoms with Gasteiger partial charge < -0.3 is 15.8 Å². The number of hydrogen-bond acceptors (Lipinski definition) is 6. The summed E-state index contributed by atoms with van der Waals surface area (Å²) >= 11 is 5.79. The van der Waals surface area contributed by atoms with E-state index >= 15 is 0 Å². The van der Waals surface area contributed by atoms with Gasteiger partial charge in [0, 0.05) is 11.8 Å². The summed E-state index contributed by atoms with van der Waals surface area (Å²) in [4.78, 5) is 19.4. The first-order valence-corrected chi connectivity index (χ1v) is 6.30. The van der Waals surface area contributed by atoms with Crippen LogP contribution >= 0.6 is 11.6 Å². The molecule has 2 rings (SSSR count). The molecule has 1 heterocycles. The molecule has 104 valence electrons. The third kappa shape index (κ3) is 3.58. The number of nitrogen functional groups attached to an aromatic ring is 1. The van der Waals surface area contributed by atoms with Crippen LogP contribution < -0.4 is 11.1 Å². The van der Waals surface area contributed by atoms with Gasteiger partial charge in [0.15, 0.2) is 0 Å². The van der Waals surface area contributed by atoms with Crippen molar-refractivity contribution in [1.29, 1.82) is 0 Å². The molecule has 0 saturated heterocycles. The first kappa shape index (κ1) is 14.1. The van der Waals surface area contributed by atoms with E-state index in [1.54, 1.807) is 31.2 Å². The van der Waals surface area contributed by atoms with Gasteiger partial charge in [-0.05, 0) is 25.1 Å². The van der Waals surface area contributed by atoms with Gasteiger partial charge in [-0.1, -0.05) is 17.7 Å². The van der Waals surface area contributed by atoms with E-state index in [4.69, 9.17) is 22.1 Å². The quantitative estimate of drug-likeness (QED) is 0.665. The fourth-order valence-corrected chi connectivity index (χ4v) is 1.78. The van der Waals surface area contributed by atoms with Crippen LogP contribution in [0.3, 0.4) is 0 Å². The molecule has 6 nitrogen and oxygen atoms in total. The van der Waals surface area contributed by atoms with E-state index in [9.17, 15) is 4.79 Å². The van der Waals surface area contributed by atoms with Crippen molar-refractivity contribution < 1.29 is 9.53 Å². The van der Waals surface area contributed by atoms with Crippen molar-refractivity contribution >= 4 is 35.0 Å². The molecule has 0 amide bonds. The summed E-state index contributed by atoms with van der Waals surface area (Å²) in [6.45, 7) is 2.08. The Labute approximate surface area is 120 Å². The molecule has 2 aromatic rings. The SMILES string of the molecule is CCOC(=O)c1cccc(Nc2cc(Cl)nc(N)n2)c1. The number of halogens is 1. The maximum Gasteiger partial charge on any atom is 0.338 e. The van der Waals surface area contributed by atoms with Crippen molar-refractivity contribution in [1.82, 2.24) is 9.97 Å². The third-order valence-corrected chi connectivity index (χ3v) is 2.55. The van der Waals surface area contributed by atoms with Crippen LogP contribution in [0.4, 0.5) is 17.5 Å². The van der Waals surface area contributed by atoms with Gasteiger partial charge in [-0.2, -0.15) is 4.98 Å². The number of ether oxygens (including phenoxy) is 1. The van der Waals surface area contributed by atoms with Crippen molar-refractivity contribution in [2.24, 2.45) is 0 Å². The first-order valence-electron chi connectivity index (χ1n) is 5.92. The Bertz CT molecular complexity index is 613. The first-order chi connectivity index (χ1) is 9.58. The van der Waals surface area contributed by atoms with Gasteiger partial charge in [0.25, 0.3) is 0 Å². The number of anilines is 3. The van der Waals surface area contributed by atoms with Gasteiger partial charge in [-0.15, -0.1) is 0 Å². The van der Waals surface area contributed by atoms with Crippen LogP contribution in [0.2, 0.25) is 5.15 Å². The highest BCUT2D eigenvalue weighted by molar-refractivity contribution is 6.29. The average Bonchev–Trinajstić information content (AvgIpc) is 2.38. The highest BCUT2D eigenvalue weighted by Gasteiger charge is 2.07. The highest BCUT2D eigenvalue weighted by atomic mass is 35.5. The minimum atomic E-state index is -0.378. The predicted molar refractivity (Wildman–Crippen MR) is 77.1 cm³/mol. The van der Waals surface area contributed by atoms with E-state index in [0.717, 1.165) is 0 Å². The minimum Gasteiger partial charge on any atom is -0.462 e. The van der Waals surface area contributed by atoms with Gasteiger partial charge in [-0.25, -0.2) is 9.78 Å². The maximum absolute atomic E-state index is 11.6. The second-order valence-electron chi connectivity index (χ2n) is 3.86. The van der Waals surface area contributed by atoms with Gasteiger partial charge in [0.05, 0.1) is 12.2 Å². The minimum absolute atomic E-state index is 0.0709. The van der Waals surface area contributed by atoms with Gasteiger partial charge in [0.2, 0.25) is 5.95 Å². The smallest absolute Gasteiger partial charge is 0.338 e.